The van der Waals surface area contributed by atoms with E-state index in [4.69, 9.17) is 5.73 Å². The Balaban J connectivity index is 2.51. The standard InChI is InChI=1S/C12H19N3O2/c1-2-3-4-7-14-9-10-8-11(15(16)17)5-6-12(10)13/h5-6,8,14H,2-4,7,9,13H2,1H3. The number of nitrogen functional groups attached to an aromatic ring is 1. The van der Waals surface area contributed by atoms with Crippen molar-refractivity contribution in [2.75, 3.05) is 12.3 Å². The predicted molar refractivity (Wildman–Crippen MR) is 68.7 cm³/mol. The largest absolute Gasteiger partial charge is 0.398 e. The van der Waals surface area contributed by atoms with Crippen LogP contribution in [0, 0.1) is 10.1 Å². The van der Waals surface area contributed by atoms with Gasteiger partial charge >= 0.3 is 0 Å². The highest BCUT2D eigenvalue weighted by Crippen LogP contribution is 2.19. The van der Waals surface area contributed by atoms with Crippen LogP contribution in [0.4, 0.5) is 11.4 Å². The van der Waals surface area contributed by atoms with Gasteiger partial charge in [0.2, 0.25) is 0 Å². The quantitative estimate of drug-likeness (QED) is 0.330. The van der Waals surface area contributed by atoms with Gasteiger partial charge in [0.25, 0.3) is 5.69 Å². The molecule has 94 valence electrons. The molecule has 1 rings (SSSR count). The van der Waals surface area contributed by atoms with Crippen LogP contribution in [-0.2, 0) is 6.54 Å². The van der Waals surface area contributed by atoms with Gasteiger partial charge < -0.3 is 11.1 Å². The summed E-state index contributed by atoms with van der Waals surface area (Å²) >= 11 is 0. The Morgan fingerprint density at radius 3 is 2.82 bits per heavy atom. The first-order chi connectivity index (χ1) is 8.15. The van der Waals surface area contributed by atoms with Gasteiger partial charge in [0, 0.05) is 24.4 Å². The molecule has 3 N–H and O–H groups in total. The van der Waals surface area contributed by atoms with Crippen molar-refractivity contribution in [3.63, 3.8) is 0 Å². The highest BCUT2D eigenvalue weighted by atomic mass is 16.6. The Hall–Kier alpha value is -1.62. The van der Waals surface area contributed by atoms with Crippen molar-refractivity contribution in [2.45, 2.75) is 32.7 Å². The number of nitrogens with zero attached hydrogens (tertiary/aromatic N) is 1. The Labute approximate surface area is 101 Å². The molecule has 1 aromatic carbocycles. The van der Waals surface area contributed by atoms with Crippen LogP contribution in [0.2, 0.25) is 0 Å². The average Bonchev–Trinajstić information content (AvgIpc) is 2.30. The lowest BCUT2D eigenvalue weighted by molar-refractivity contribution is -0.384. The Kier molecular flexibility index (Phi) is 5.42. The fourth-order valence-electron chi connectivity index (χ4n) is 1.58. The van der Waals surface area contributed by atoms with Crippen molar-refractivity contribution in [1.29, 1.82) is 0 Å². The zero-order valence-corrected chi connectivity index (χ0v) is 10.1. The Bertz CT molecular complexity index is 380. The summed E-state index contributed by atoms with van der Waals surface area (Å²) in [4.78, 5) is 10.2. The third kappa shape index (κ3) is 4.40. The number of nitro groups is 1. The molecule has 0 heterocycles. The van der Waals surface area contributed by atoms with E-state index in [1.807, 2.05) is 0 Å². The van der Waals surface area contributed by atoms with Gasteiger partial charge in [-0.05, 0) is 24.6 Å². The van der Waals surface area contributed by atoms with Crippen molar-refractivity contribution in [3.05, 3.63) is 33.9 Å². The summed E-state index contributed by atoms with van der Waals surface area (Å²) in [5.74, 6) is 0. The molecule has 0 aromatic heterocycles. The summed E-state index contributed by atoms with van der Waals surface area (Å²) in [7, 11) is 0. The summed E-state index contributed by atoms with van der Waals surface area (Å²) in [6, 6.07) is 4.54. The van der Waals surface area contributed by atoms with Crippen LogP contribution < -0.4 is 11.1 Å². The monoisotopic (exact) mass is 237 g/mol. The Morgan fingerprint density at radius 2 is 2.18 bits per heavy atom. The van der Waals surface area contributed by atoms with Gasteiger partial charge in [-0.1, -0.05) is 19.8 Å². The molecule has 5 nitrogen and oxygen atoms in total. The second-order valence-corrected chi connectivity index (χ2v) is 4.02. The number of benzene rings is 1. The van der Waals surface area contributed by atoms with Crippen LogP contribution in [0.15, 0.2) is 18.2 Å². The van der Waals surface area contributed by atoms with Crippen LogP contribution in [0.5, 0.6) is 0 Å². The number of nitrogens with two attached hydrogens (primary N) is 1. The van der Waals surface area contributed by atoms with Gasteiger partial charge in [-0.3, -0.25) is 10.1 Å². The van der Waals surface area contributed by atoms with E-state index in [1.54, 1.807) is 6.07 Å². The van der Waals surface area contributed by atoms with Crippen LogP contribution in [0.3, 0.4) is 0 Å². The predicted octanol–water partition coefficient (Wildman–Crippen LogP) is 2.46. The van der Waals surface area contributed by atoms with Gasteiger partial charge in [-0.25, -0.2) is 0 Å². The second kappa shape index (κ2) is 6.85. The molecule has 0 aliphatic carbocycles. The van der Waals surface area contributed by atoms with E-state index < -0.39 is 4.92 Å². The summed E-state index contributed by atoms with van der Waals surface area (Å²) in [5, 5.41) is 13.9. The molecule has 0 radical (unpaired) electrons. The number of non-ortho nitro benzene ring substituents is 1. The SMILES string of the molecule is CCCCCNCc1cc([N+](=O)[O-])ccc1N. The van der Waals surface area contributed by atoms with Crippen molar-refractivity contribution < 1.29 is 4.92 Å². The fourth-order valence-corrected chi connectivity index (χ4v) is 1.58. The van der Waals surface area contributed by atoms with E-state index in [9.17, 15) is 10.1 Å². The number of hydrogen-bond donors (Lipinski definition) is 2. The molecule has 0 bridgehead atoms. The zero-order valence-electron chi connectivity index (χ0n) is 10.1. The van der Waals surface area contributed by atoms with Gasteiger partial charge in [0.1, 0.15) is 0 Å². The molecule has 0 saturated heterocycles. The molecule has 1 aromatic rings. The summed E-state index contributed by atoms with van der Waals surface area (Å²) in [5.41, 5.74) is 7.24. The fraction of sp³-hybridized carbons (Fsp3) is 0.500. The Morgan fingerprint density at radius 1 is 1.41 bits per heavy atom. The maximum atomic E-state index is 10.6. The molecule has 0 fully saturated rings. The normalized spacial score (nSPS) is 10.4. The number of rotatable bonds is 7. The average molecular weight is 237 g/mol. The molecule has 0 saturated carbocycles. The summed E-state index contributed by atoms with van der Waals surface area (Å²) in [6.07, 6.45) is 3.49. The maximum Gasteiger partial charge on any atom is 0.269 e. The molecular weight excluding hydrogens is 218 g/mol. The first-order valence-electron chi connectivity index (χ1n) is 5.88. The maximum absolute atomic E-state index is 10.6. The minimum atomic E-state index is -0.403. The lowest BCUT2D eigenvalue weighted by Gasteiger charge is -2.07. The summed E-state index contributed by atoms with van der Waals surface area (Å²) < 4.78 is 0. The van der Waals surface area contributed by atoms with E-state index in [-0.39, 0.29) is 5.69 Å². The molecule has 5 heteroatoms. The number of nitrogens with one attached hydrogen (secondary N) is 1. The molecule has 0 spiro atoms. The molecular formula is C12H19N3O2. The number of unbranched alkanes of at least 4 members (excludes halogenated alkanes) is 2. The third-order valence-corrected chi connectivity index (χ3v) is 2.61. The van der Waals surface area contributed by atoms with Crippen molar-refractivity contribution in [1.82, 2.24) is 5.32 Å². The van der Waals surface area contributed by atoms with Gasteiger partial charge in [-0.2, -0.15) is 0 Å². The van der Waals surface area contributed by atoms with Crippen LogP contribution >= 0.6 is 0 Å². The topological polar surface area (TPSA) is 81.2 Å². The van der Waals surface area contributed by atoms with E-state index >= 15 is 0 Å². The summed E-state index contributed by atoms with van der Waals surface area (Å²) in [6.45, 7) is 3.64. The molecule has 0 atom stereocenters. The van der Waals surface area contributed by atoms with Crippen molar-refractivity contribution in [2.24, 2.45) is 0 Å². The molecule has 0 unspecified atom stereocenters. The first-order valence-corrected chi connectivity index (χ1v) is 5.88. The number of hydrogen-bond acceptors (Lipinski definition) is 4. The molecule has 17 heavy (non-hydrogen) atoms. The third-order valence-electron chi connectivity index (χ3n) is 2.61. The first kappa shape index (κ1) is 13.4. The molecule has 0 amide bonds. The number of nitro benzene ring substituents is 1. The van der Waals surface area contributed by atoms with Gasteiger partial charge in [-0.15, -0.1) is 0 Å². The lowest BCUT2D eigenvalue weighted by Crippen LogP contribution is -2.15. The minimum Gasteiger partial charge on any atom is -0.398 e. The van der Waals surface area contributed by atoms with Crippen LogP contribution in [-0.4, -0.2) is 11.5 Å². The number of anilines is 1. The molecule has 0 aliphatic rings. The van der Waals surface area contributed by atoms with E-state index in [0.29, 0.717) is 12.2 Å². The highest BCUT2D eigenvalue weighted by molar-refractivity contribution is 5.52. The second-order valence-electron chi connectivity index (χ2n) is 4.02. The minimum absolute atomic E-state index is 0.0876. The van der Waals surface area contributed by atoms with Crippen LogP contribution in [0.1, 0.15) is 31.7 Å². The highest BCUT2D eigenvalue weighted by Gasteiger charge is 2.08. The van der Waals surface area contributed by atoms with E-state index in [1.165, 1.54) is 25.0 Å². The zero-order chi connectivity index (χ0) is 12.7. The smallest absolute Gasteiger partial charge is 0.269 e. The van der Waals surface area contributed by atoms with E-state index in [2.05, 4.69) is 12.2 Å². The van der Waals surface area contributed by atoms with Crippen LogP contribution in [0.25, 0.3) is 0 Å². The van der Waals surface area contributed by atoms with E-state index in [0.717, 1.165) is 18.5 Å². The van der Waals surface area contributed by atoms with Crippen molar-refractivity contribution >= 4 is 11.4 Å². The van der Waals surface area contributed by atoms with Crippen molar-refractivity contribution in [3.8, 4) is 0 Å². The lowest BCUT2D eigenvalue weighted by atomic mass is 10.1. The van der Waals surface area contributed by atoms with Gasteiger partial charge in [0.15, 0.2) is 0 Å². The van der Waals surface area contributed by atoms with Gasteiger partial charge in [0.05, 0.1) is 4.92 Å². The molecule has 0 aliphatic heterocycles.